The van der Waals surface area contributed by atoms with Crippen LogP contribution in [-0.4, -0.2) is 19.5 Å². The molecule has 0 atom stereocenters. The first-order chi connectivity index (χ1) is 8.78. The van der Waals surface area contributed by atoms with Crippen LogP contribution in [-0.2, 0) is 13.5 Å². The molecule has 0 bridgehead atoms. The molecule has 0 aliphatic heterocycles. The summed E-state index contributed by atoms with van der Waals surface area (Å²) in [6.07, 6.45) is 6.40. The van der Waals surface area contributed by atoms with E-state index in [0.717, 1.165) is 26.8 Å². The molecular formula is C12H12N4S2. The van der Waals surface area contributed by atoms with Crippen molar-refractivity contribution in [3.63, 3.8) is 0 Å². The third-order valence-electron chi connectivity index (χ3n) is 2.66. The van der Waals surface area contributed by atoms with E-state index < -0.39 is 0 Å². The summed E-state index contributed by atoms with van der Waals surface area (Å²) in [5.41, 5.74) is 0. The predicted octanol–water partition coefficient (Wildman–Crippen LogP) is 3.14. The van der Waals surface area contributed by atoms with Crippen molar-refractivity contribution >= 4 is 33.3 Å². The SMILES string of the molecule is CCc1cc2c(Sc3nccn3C)ncnc2s1. The standard InChI is InChI=1S/C12H12N4S2/c1-3-8-6-9-10(17-8)14-7-15-11(9)18-12-13-4-5-16(12)2/h4-7H,3H2,1-2H3. The second-order valence-corrected chi connectivity index (χ2v) is 5.96. The van der Waals surface area contributed by atoms with Gasteiger partial charge in [0.2, 0.25) is 0 Å². The summed E-state index contributed by atoms with van der Waals surface area (Å²) < 4.78 is 1.99. The summed E-state index contributed by atoms with van der Waals surface area (Å²) in [4.78, 5) is 15.4. The molecule has 0 spiro atoms. The smallest absolute Gasteiger partial charge is 0.174 e. The number of imidazole rings is 1. The molecule has 4 nitrogen and oxygen atoms in total. The van der Waals surface area contributed by atoms with Crippen LogP contribution in [0.5, 0.6) is 0 Å². The van der Waals surface area contributed by atoms with Gasteiger partial charge in [-0.3, -0.25) is 0 Å². The van der Waals surface area contributed by atoms with Crippen LogP contribution in [0.2, 0.25) is 0 Å². The zero-order valence-corrected chi connectivity index (χ0v) is 11.8. The normalized spacial score (nSPS) is 11.2. The van der Waals surface area contributed by atoms with Gasteiger partial charge in [0.1, 0.15) is 16.2 Å². The lowest BCUT2D eigenvalue weighted by Crippen LogP contribution is -1.90. The number of aryl methyl sites for hydroxylation is 2. The van der Waals surface area contributed by atoms with E-state index in [1.807, 2.05) is 17.8 Å². The first kappa shape index (κ1) is 11.7. The van der Waals surface area contributed by atoms with Crippen LogP contribution in [0.4, 0.5) is 0 Å². The molecule has 3 aromatic rings. The molecule has 3 rings (SSSR count). The molecular weight excluding hydrogens is 264 g/mol. The minimum absolute atomic E-state index is 0.944. The van der Waals surface area contributed by atoms with Crippen LogP contribution in [0.25, 0.3) is 10.2 Å². The number of hydrogen-bond acceptors (Lipinski definition) is 5. The molecule has 0 aromatic carbocycles. The van der Waals surface area contributed by atoms with Crippen molar-refractivity contribution in [2.75, 3.05) is 0 Å². The largest absolute Gasteiger partial charge is 0.329 e. The van der Waals surface area contributed by atoms with Crippen LogP contribution in [0.15, 0.2) is 35.0 Å². The minimum atomic E-state index is 0.944. The van der Waals surface area contributed by atoms with Gasteiger partial charge in [-0.1, -0.05) is 6.92 Å². The van der Waals surface area contributed by atoms with E-state index >= 15 is 0 Å². The molecule has 0 aliphatic rings. The zero-order valence-electron chi connectivity index (χ0n) is 10.1. The summed E-state index contributed by atoms with van der Waals surface area (Å²) in [5.74, 6) is 0. The van der Waals surface area contributed by atoms with Gasteiger partial charge in [0.05, 0.1) is 0 Å². The molecule has 0 amide bonds. The summed E-state index contributed by atoms with van der Waals surface area (Å²) in [7, 11) is 1.98. The maximum Gasteiger partial charge on any atom is 0.174 e. The van der Waals surface area contributed by atoms with Crippen LogP contribution in [0.3, 0.4) is 0 Å². The third kappa shape index (κ3) is 2.02. The van der Waals surface area contributed by atoms with Crippen molar-refractivity contribution in [1.29, 1.82) is 0 Å². The Morgan fingerprint density at radius 3 is 2.94 bits per heavy atom. The average molecular weight is 276 g/mol. The number of nitrogens with zero attached hydrogens (tertiary/aromatic N) is 4. The highest BCUT2D eigenvalue weighted by molar-refractivity contribution is 7.99. The predicted molar refractivity (Wildman–Crippen MR) is 74.1 cm³/mol. The number of thiophene rings is 1. The van der Waals surface area contributed by atoms with Gasteiger partial charge in [0.25, 0.3) is 0 Å². The topological polar surface area (TPSA) is 43.6 Å². The number of hydrogen-bond donors (Lipinski definition) is 0. The number of rotatable bonds is 3. The zero-order chi connectivity index (χ0) is 12.5. The fourth-order valence-corrected chi connectivity index (χ4v) is 3.53. The average Bonchev–Trinajstić information content (AvgIpc) is 2.96. The van der Waals surface area contributed by atoms with Crippen molar-refractivity contribution in [2.24, 2.45) is 7.05 Å². The van der Waals surface area contributed by atoms with Gasteiger partial charge in [-0.05, 0) is 24.2 Å². The van der Waals surface area contributed by atoms with Gasteiger partial charge in [-0.25, -0.2) is 15.0 Å². The molecule has 0 fully saturated rings. The molecule has 0 saturated carbocycles. The molecule has 3 heterocycles. The highest BCUT2D eigenvalue weighted by Crippen LogP contribution is 2.33. The molecule has 0 saturated heterocycles. The van der Waals surface area contributed by atoms with E-state index in [2.05, 4.69) is 27.9 Å². The lowest BCUT2D eigenvalue weighted by molar-refractivity contribution is 0.789. The van der Waals surface area contributed by atoms with Gasteiger partial charge >= 0.3 is 0 Å². The fourth-order valence-electron chi connectivity index (χ4n) is 1.68. The Labute approximate surface area is 113 Å². The molecule has 0 N–H and O–H groups in total. The maximum absolute atomic E-state index is 4.38. The first-order valence-electron chi connectivity index (χ1n) is 5.66. The van der Waals surface area contributed by atoms with Crippen molar-refractivity contribution in [2.45, 2.75) is 23.5 Å². The fraction of sp³-hybridized carbons (Fsp3) is 0.250. The quantitative estimate of drug-likeness (QED) is 0.689. The van der Waals surface area contributed by atoms with E-state index in [0.29, 0.717) is 0 Å². The number of fused-ring (bicyclic) bond motifs is 1. The molecule has 18 heavy (non-hydrogen) atoms. The summed E-state index contributed by atoms with van der Waals surface area (Å²) >= 11 is 3.32. The molecule has 3 aromatic heterocycles. The van der Waals surface area contributed by atoms with Crippen molar-refractivity contribution < 1.29 is 0 Å². The lowest BCUT2D eigenvalue weighted by atomic mass is 10.3. The van der Waals surface area contributed by atoms with Crippen molar-refractivity contribution in [3.8, 4) is 0 Å². The molecule has 92 valence electrons. The number of aromatic nitrogens is 4. The Kier molecular flexibility index (Phi) is 3.05. The first-order valence-corrected chi connectivity index (χ1v) is 7.30. The van der Waals surface area contributed by atoms with E-state index in [1.54, 1.807) is 35.6 Å². The second kappa shape index (κ2) is 4.70. The van der Waals surface area contributed by atoms with Gasteiger partial charge in [-0.2, -0.15) is 0 Å². The molecule has 0 radical (unpaired) electrons. The monoisotopic (exact) mass is 276 g/mol. The van der Waals surface area contributed by atoms with E-state index in [1.165, 1.54) is 4.88 Å². The van der Waals surface area contributed by atoms with Crippen molar-refractivity contribution in [3.05, 3.63) is 29.7 Å². The van der Waals surface area contributed by atoms with E-state index in [9.17, 15) is 0 Å². The Bertz CT molecular complexity index is 686. The van der Waals surface area contributed by atoms with E-state index in [4.69, 9.17) is 0 Å². The maximum atomic E-state index is 4.38. The minimum Gasteiger partial charge on any atom is -0.329 e. The Balaban J connectivity index is 2.06. The summed E-state index contributed by atoms with van der Waals surface area (Å²) in [5, 5.41) is 3.05. The van der Waals surface area contributed by atoms with Crippen LogP contribution in [0, 0.1) is 0 Å². The van der Waals surface area contributed by atoms with Crippen LogP contribution in [0.1, 0.15) is 11.8 Å². The van der Waals surface area contributed by atoms with Crippen LogP contribution < -0.4 is 0 Å². The van der Waals surface area contributed by atoms with Gasteiger partial charge in [-0.15, -0.1) is 11.3 Å². The third-order valence-corrected chi connectivity index (χ3v) is 4.94. The van der Waals surface area contributed by atoms with E-state index in [-0.39, 0.29) is 0 Å². The molecule has 0 unspecified atom stereocenters. The highest BCUT2D eigenvalue weighted by atomic mass is 32.2. The van der Waals surface area contributed by atoms with Gasteiger partial charge in [0.15, 0.2) is 5.16 Å². The molecule has 0 aliphatic carbocycles. The Morgan fingerprint density at radius 1 is 1.33 bits per heavy atom. The molecule has 6 heteroatoms. The summed E-state index contributed by atoms with van der Waals surface area (Å²) in [6, 6.07) is 2.19. The Morgan fingerprint density at radius 2 is 2.22 bits per heavy atom. The summed E-state index contributed by atoms with van der Waals surface area (Å²) in [6.45, 7) is 2.16. The lowest BCUT2D eigenvalue weighted by Gasteiger charge is -2.01. The van der Waals surface area contributed by atoms with Crippen molar-refractivity contribution in [1.82, 2.24) is 19.5 Å². The second-order valence-electron chi connectivity index (χ2n) is 3.89. The van der Waals surface area contributed by atoms with Gasteiger partial charge in [0, 0.05) is 29.7 Å². The highest BCUT2D eigenvalue weighted by Gasteiger charge is 2.11. The van der Waals surface area contributed by atoms with Crippen LogP contribution >= 0.6 is 23.1 Å². The Hall–Kier alpha value is -1.40. The van der Waals surface area contributed by atoms with Gasteiger partial charge < -0.3 is 4.57 Å².